The molecule has 2 heterocycles. The smallest absolute Gasteiger partial charge is 0.278 e. The number of carbonyl (C=O) groups excluding carboxylic acids is 3. The lowest BCUT2D eigenvalue weighted by atomic mass is 10.0. The number of primary amides is 1. The van der Waals surface area contributed by atoms with Crippen LogP contribution in [0.3, 0.4) is 0 Å². The fourth-order valence-corrected chi connectivity index (χ4v) is 2.41. The molecule has 1 aromatic carbocycles. The Morgan fingerprint density at radius 1 is 1.40 bits per heavy atom. The van der Waals surface area contributed by atoms with E-state index in [0.717, 1.165) is 0 Å². The van der Waals surface area contributed by atoms with Gasteiger partial charge in [0.05, 0.1) is 11.4 Å². The molecule has 3 rings (SSSR count). The Kier molecular flexibility index (Phi) is 3.91. The molecule has 1 aliphatic rings. The van der Waals surface area contributed by atoms with Crippen LogP contribution >= 0.6 is 0 Å². The Labute approximate surface area is 143 Å². The molecular weight excluding hydrogens is 326 g/mol. The number of anilines is 2. The van der Waals surface area contributed by atoms with Crippen molar-refractivity contribution in [1.82, 2.24) is 9.78 Å². The quantitative estimate of drug-likeness (QED) is 0.705. The summed E-state index contributed by atoms with van der Waals surface area (Å²) in [5.74, 6) is -1.77. The molecule has 4 N–H and O–H groups in total. The van der Waals surface area contributed by atoms with Crippen molar-refractivity contribution in [2.24, 2.45) is 5.73 Å². The molecule has 1 unspecified atom stereocenters. The highest BCUT2D eigenvalue weighted by Gasteiger charge is 2.47. The van der Waals surface area contributed by atoms with E-state index < -0.39 is 23.3 Å². The number of nitrogens with two attached hydrogens (primary N) is 1. The van der Waals surface area contributed by atoms with Gasteiger partial charge in [0, 0.05) is 12.7 Å². The summed E-state index contributed by atoms with van der Waals surface area (Å²) < 4.78 is 7.09. The number of nitrogens with one attached hydrogen (secondary N) is 2. The second-order valence-electron chi connectivity index (χ2n) is 5.65. The summed E-state index contributed by atoms with van der Waals surface area (Å²) in [5, 5.41) is 9.13. The first-order valence-electron chi connectivity index (χ1n) is 7.63. The van der Waals surface area contributed by atoms with Crippen LogP contribution < -0.4 is 21.1 Å². The molecule has 0 spiro atoms. The molecular formula is C16H17N5O4. The standard InChI is InChI=1S/C16H17N5O4/c1-3-21-8-10(12(20-21)13(17)22)19-15(24)16(2)14(23)18-9-6-4-5-7-11(9)25-16/h4-8H,3H2,1-2H3,(H2,17,22)(H,18,23)(H,19,24). The number of ether oxygens (including phenoxy) is 1. The lowest BCUT2D eigenvalue weighted by molar-refractivity contribution is -0.143. The zero-order valence-corrected chi connectivity index (χ0v) is 13.7. The van der Waals surface area contributed by atoms with Crippen molar-refractivity contribution in [2.75, 3.05) is 10.6 Å². The maximum absolute atomic E-state index is 12.7. The molecule has 130 valence electrons. The Bertz CT molecular complexity index is 875. The number of fused-ring (bicyclic) bond motifs is 1. The van der Waals surface area contributed by atoms with E-state index in [9.17, 15) is 14.4 Å². The van der Waals surface area contributed by atoms with Crippen LogP contribution in [0.2, 0.25) is 0 Å². The van der Waals surface area contributed by atoms with E-state index in [2.05, 4.69) is 15.7 Å². The summed E-state index contributed by atoms with van der Waals surface area (Å²) in [6.45, 7) is 3.65. The van der Waals surface area contributed by atoms with E-state index in [1.54, 1.807) is 24.3 Å². The second-order valence-corrected chi connectivity index (χ2v) is 5.65. The van der Waals surface area contributed by atoms with Crippen LogP contribution in [0.15, 0.2) is 30.5 Å². The van der Waals surface area contributed by atoms with Gasteiger partial charge in [0.25, 0.3) is 23.3 Å². The normalized spacial score (nSPS) is 18.7. The Hall–Kier alpha value is -3.36. The van der Waals surface area contributed by atoms with Crippen LogP contribution in [0.4, 0.5) is 11.4 Å². The lowest BCUT2D eigenvalue weighted by Crippen LogP contribution is -2.56. The highest BCUT2D eigenvalue weighted by Crippen LogP contribution is 2.33. The van der Waals surface area contributed by atoms with Gasteiger partial charge >= 0.3 is 0 Å². The summed E-state index contributed by atoms with van der Waals surface area (Å²) in [6, 6.07) is 6.78. The van der Waals surface area contributed by atoms with Crippen molar-refractivity contribution in [1.29, 1.82) is 0 Å². The number of carbonyl (C=O) groups is 3. The van der Waals surface area contributed by atoms with Gasteiger partial charge in [-0.15, -0.1) is 0 Å². The van der Waals surface area contributed by atoms with Crippen molar-refractivity contribution in [2.45, 2.75) is 26.0 Å². The molecule has 0 saturated carbocycles. The number of benzene rings is 1. The molecule has 0 radical (unpaired) electrons. The molecule has 1 atom stereocenters. The van der Waals surface area contributed by atoms with Crippen LogP contribution in [-0.2, 0) is 16.1 Å². The summed E-state index contributed by atoms with van der Waals surface area (Å²) in [4.78, 5) is 36.6. The summed E-state index contributed by atoms with van der Waals surface area (Å²) in [5.41, 5.74) is 3.99. The van der Waals surface area contributed by atoms with Gasteiger partial charge in [-0.1, -0.05) is 12.1 Å². The van der Waals surface area contributed by atoms with Crippen molar-refractivity contribution in [3.63, 3.8) is 0 Å². The maximum atomic E-state index is 12.7. The number of aromatic nitrogens is 2. The largest absolute Gasteiger partial charge is 0.466 e. The topological polar surface area (TPSA) is 128 Å². The predicted molar refractivity (Wildman–Crippen MR) is 89.2 cm³/mol. The molecule has 0 saturated heterocycles. The molecule has 1 aromatic heterocycles. The highest BCUT2D eigenvalue weighted by molar-refractivity contribution is 6.19. The van der Waals surface area contributed by atoms with E-state index >= 15 is 0 Å². The van der Waals surface area contributed by atoms with E-state index in [-0.39, 0.29) is 11.4 Å². The Morgan fingerprint density at radius 2 is 2.12 bits per heavy atom. The number of rotatable bonds is 4. The number of hydrogen-bond donors (Lipinski definition) is 3. The van der Waals surface area contributed by atoms with Gasteiger partial charge in [0.15, 0.2) is 5.69 Å². The minimum absolute atomic E-state index is 0.0876. The van der Waals surface area contributed by atoms with Crippen LogP contribution in [0.25, 0.3) is 0 Å². The van der Waals surface area contributed by atoms with Gasteiger partial charge in [-0.25, -0.2) is 0 Å². The van der Waals surface area contributed by atoms with Gasteiger partial charge in [-0.05, 0) is 26.0 Å². The zero-order chi connectivity index (χ0) is 18.2. The highest BCUT2D eigenvalue weighted by atomic mass is 16.5. The molecule has 9 heteroatoms. The third-order valence-electron chi connectivity index (χ3n) is 3.88. The molecule has 0 fully saturated rings. The minimum atomic E-state index is -1.81. The van der Waals surface area contributed by atoms with Crippen LogP contribution in [0, 0.1) is 0 Å². The van der Waals surface area contributed by atoms with Crippen LogP contribution in [0.1, 0.15) is 24.3 Å². The molecule has 2 aromatic rings. The minimum Gasteiger partial charge on any atom is -0.466 e. The van der Waals surface area contributed by atoms with E-state index in [1.807, 2.05) is 6.92 Å². The average molecular weight is 343 g/mol. The summed E-state index contributed by atoms with van der Waals surface area (Å²) >= 11 is 0. The number of aryl methyl sites for hydroxylation is 1. The van der Waals surface area contributed by atoms with Crippen LogP contribution in [-0.4, -0.2) is 33.1 Å². The third-order valence-corrected chi connectivity index (χ3v) is 3.88. The second kappa shape index (κ2) is 5.93. The first kappa shape index (κ1) is 16.5. The van der Waals surface area contributed by atoms with Gasteiger partial charge in [0.2, 0.25) is 0 Å². The summed E-state index contributed by atoms with van der Waals surface area (Å²) in [6.07, 6.45) is 1.47. The third kappa shape index (κ3) is 2.80. The van der Waals surface area contributed by atoms with E-state index in [1.165, 1.54) is 17.8 Å². The first-order chi connectivity index (χ1) is 11.8. The van der Waals surface area contributed by atoms with Crippen molar-refractivity contribution >= 4 is 29.1 Å². The van der Waals surface area contributed by atoms with Gasteiger partial charge < -0.3 is 21.1 Å². The Balaban J connectivity index is 1.90. The monoisotopic (exact) mass is 343 g/mol. The van der Waals surface area contributed by atoms with Crippen molar-refractivity contribution < 1.29 is 19.1 Å². The molecule has 0 aliphatic carbocycles. The molecule has 0 bridgehead atoms. The molecule has 3 amide bonds. The number of nitrogens with zero attached hydrogens (tertiary/aromatic N) is 2. The fourth-order valence-electron chi connectivity index (χ4n) is 2.41. The van der Waals surface area contributed by atoms with Crippen molar-refractivity contribution in [3.05, 3.63) is 36.2 Å². The van der Waals surface area contributed by atoms with Gasteiger partial charge in [-0.2, -0.15) is 5.10 Å². The Morgan fingerprint density at radius 3 is 2.80 bits per heavy atom. The molecule has 1 aliphatic heterocycles. The molecule has 9 nitrogen and oxygen atoms in total. The number of para-hydroxylation sites is 2. The average Bonchev–Trinajstić information content (AvgIpc) is 2.99. The number of amides is 3. The fraction of sp³-hybridized carbons (Fsp3) is 0.250. The van der Waals surface area contributed by atoms with Gasteiger partial charge in [0.1, 0.15) is 5.75 Å². The van der Waals surface area contributed by atoms with Crippen molar-refractivity contribution in [3.8, 4) is 5.75 Å². The molecule has 25 heavy (non-hydrogen) atoms. The van der Waals surface area contributed by atoms with Gasteiger partial charge in [-0.3, -0.25) is 19.1 Å². The predicted octanol–water partition coefficient (Wildman–Crippen LogP) is 0.730. The maximum Gasteiger partial charge on any atom is 0.278 e. The SMILES string of the molecule is CCn1cc(NC(=O)C2(C)Oc3ccccc3NC2=O)c(C(N)=O)n1. The zero-order valence-electron chi connectivity index (χ0n) is 13.7. The lowest BCUT2D eigenvalue weighted by Gasteiger charge is -2.33. The van der Waals surface area contributed by atoms with E-state index in [0.29, 0.717) is 18.0 Å². The summed E-state index contributed by atoms with van der Waals surface area (Å²) in [7, 11) is 0. The van der Waals surface area contributed by atoms with Crippen LogP contribution in [0.5, 0.6) is 5.75 Å². The number of hydrogen-bond acceptors (Lipinski definition) is 5. The first-order valence-corrected chi connectivity index (χ1v) is 7.63. The van der Waals surface area contributed by atoms with E-state index in [4.69, 9.17) is 10.5 Å².